The maximum Gasteiger partial charge on any atom is 0.0861 e. The van der Waals surface area contributed by atoms with Crippen LogP contribution in [0.3, 0.4) is 0 Å². The van der Waals surface area contributed by atoms with Gasteiger partial charge in [0.25, 0.3) is 0 Å². The van der Waals surface area contributed by atoms with Gasteiger partial charge in [-0.3, -0.25) is 3.89 Å². The second-order valence-electron chi connectivity index (χ2n) is 2.04. The summed E-state index contributed by atoms with van der Waals surface area (Å²) in [5, 5.41) is 0. The van der Waals surface area contributed by atoms with E-state index >= 15 is 0 Å². The van der Waals surface area contributed by atoms with Gasteiger partial charge >= 0.3 is 0 Å². The maximum absolute atomic E-state index is 4.46. The van der Waals surface area contributed by atoms with Crippen molar-refractivity contribution in [2.24, 2.45) is 0 Å². The lowest BCUT2D eigenvalue weighted by molar-refractivity contribution is -0.786. The predicted molar refractivity (Wildman–Crippen MR) is 40.9 cm³/mol. The minimum absolute atomic E-state index is 0. The molecule has 0 aliphatic carbocycles. The normalized spacial score (nSPS) is 10.7. The highest BCUT2D eigenvalue weighted by molar-refractivity contribution is 7.74. The zero-order valence-electron chi connectivity index (χ0n) is 6.39. The molecule has 0 radical (unpaired) electrons. The summed E-state index contributed by atoms with van der Waals surface area (Å²) in [4.78, 5) is 0. The van der Waals surface area contributed by atoms with Crippen LogP contribution in [-0.4, -0.2) is 23.5 Å². The van der Waals surface area contributed by atoms with Gasteiger partial charge in [-0.25, -0.2) is 0 Å². The van der Waals surface area contributed by atoms with Gasteiger partial charge in [0.05, 0.1) is 32.4 Å². The van der Waals surface area contributed by atoms with Crippen molar-refractivity contribution in [3.05, 3.63) is 0 Å². The van der Waals surface area contributed by atoms with E-state index in [1.165, 1.54) is 0 Å². The third-order valence-electron chi connectivity index (χ3n) is 1.77. The van der Waals surface area contributed by atoms with Crippen LogP contribution in [0.25, 0.3) is 0 Å². The molecule has 0 saturated heterocycles. The fraction of sp³-hybridized carbons (Fsp3) is 1.00. The first-order valence-corrected chi connectivity index (χ1v) is 3.67. The topological polar surface area (TPSA) is 0 Å². The molecule has 0 atom stereocenters. The number of hydrogen-bond acceptors (Lipinski definition) is 1. The van der Waals surface area contributed by atoms with Crippen LogP contribution in [-0.2, 0) is 0 Å². The Morgan fingerprint density at radius 3 is 1.22 bits per heavy atom. The lowest BCUT2D eigenvalue weighted by atomic mass is 10.5. The van der Waals surface area contributed by atoms with E-state index in [-0.39, 0.29) is 12.4 Å². The molecule has 0 amide bonds. The third kappa shape index (κ3) is 4.06. The maximum atomic E-state index is 4.46. The minimum Gasteiger partial charge on any atom is -1.00 e. The van der Waals surface area contributed by atoms with E-state index in [9.17, 15) is 0 Å². The standard InChI is InChI=1S/C6H16NS.ClH/c1-4-7(8,5-2)6-3;/h8H,4-6H2,1-3H3;1H/q+1;/p-1. The summed E-state index contributed by atoms with van der Waals surface area (Å²) in [6.45, 7) is 9.86. The number of quaternary nitrogens is 1. The van der Waals surface area contributed by atoms with Crippen LogP contribution in [0.2, 0.25) is 0 Å². The van der Waals surface area contributed by atoms with Crippen LogP contribution in [0.15, 0.2) is 0 Å². The molecular weight excluding hydrogens is 154 g/mol. The van der Waals surface area contributed by atoms with Crippen LogP contribution in [0.1, 0.15) is 20.8 Å². The minimum atomic E-state index is 0. The highest BCUT2D eigenvalue weighted by Gasteiger charge is 2.13. The van der Waals surface area contributed by atoms with E-state index in [2.05, 4.69) is 33.6 Å². The smallest absolute Gasteiger partial charge is 0.0861 e. The predicted octanol–water partition coefficient (Wildman–Crippen LogP) is -1.29. The first-order valence-electron chi connectivity index (χ1n) is 3.27. The Labute approximate surface area is 70.0 Å². The Morgan fingerprint density at radius 1 is 1.00 bits per heavy atom. The molecule has 0 rings (SSSR count). The van der Waals surface area contributed by atoms with Crippen molar-refractivity contribution in [3.8, 4) is 0 Å². The number of thiol groups is 1. The molecule has 0 saturated carbocycles. The summed E-state index contributed by atoms with van der Waals surface area (Å²) in [6, 6.07) is 0. The van der Waals surface area contributed by atoms with Crippen LogP contribution in [0.4, 0.5) is 0 Å². The van der Waals surface area contributed by atoms with Crippen LogP contribution >= 0.6 is 12.8 Å². The quantitative estimate of drug-likeness (QED) is 0.395. The Hall–Kier alpha value is 0.600. The average Bonchev–Trinajstić information content (AvgIpc) is 1.87. The monoisotopic (exact) mass is 169 g/mol. The lowest BCUT2D eigenvalue weighted by Gasteiger charge is -2.27. The van der Waals surface area contributed by atoms with Crippen LogP contribution in [0, 0.1) is 0 Å². The van der Waals surface area contributed by atoms with Crippen molar-refractivity contribution in [1.82, 2.24) is 0 Å². The average molecular weight is 170 g/mol. The van der Waals surface area contributed by atoms with Crippen molar-refractivity contribution < 1.29 is 16.3 Å². The van der Waals surface area contributed by atoms with E-state index in [0.29, 0.717) is 0 Å². The van der Waals surface area contributed by atoms with E-state index in [1.54, 1.807) is 0 Å². The Kier molecular flexibility index (Phi) is 7.36. The molecule has 0 aromatic carbocycles. The summed E-state index contributed by atoms with van der Waals surface area (Å²) in [7, 11) is 0. The molecule has 0 aliphatic heterocycles. The molecular formula is C6H16ClNS. The fourth-order valence-electron chi connectivity index (χ4n) is 0.671. The van der Waals surface area contributed by atoms with Crippen LogP contribution < -0.4 is 12.4 Å². The first-order chi connectivity index (χ1) is 3.68. The Balaban J connectivity index is 0. The largest absolute Gasteiger partial charge is 1.00 e. The molecule has 0 fully saturated rings. The van der Waals surface area contributed by atoms with Gasteiger partial charge in [0.2, 0.25) is 0 Å². The van der Waals surface area contributed by atoms with E-state index in [1.807, 2.05) is 0 Å². The van der Waals surface area contributed by atoms with E-state index in [4.69, 9.17) is 0 Å². The molecule has 0 unspecified atom stereocenters. The highest BCUT2D eigenvalue weighted by Crippen LogP contribution is 2.08. The third-order valence-corrected chi connectivity index (χ3v) is 2.61. The lowest BCUT2D eigenvalue weighted by Crippen LogP contribution is -3.00. The van der Waals surface area contributed by atoms with Crippen molar-refractivity contribution in [1.29, 1.82) is 0 Å². The Bertz CT molecular complexity index is 55.8. The van der Waals surface area contributed by atoms with Crippen molar-refractivity contribution >= 4 is 12.8 Å². The second kappa shape index (κ2) is 5.39. The zero-order chi connectivity index (χ0) is 6.62. The molecule has 9 heavy (non-hydrogen) atoms. The van der Waals surface area contributed by atoms with Gasteiger partial charge in [-0.15, -0.1) is 0 Å². The van der Waals surface area contributed by atoms with Gasteiger partial charge in [0.15, 0.2) is 0 Å². The summed E-state index contributed by atoms with van der Waals surface area (Å²) in [5.74, 6) is 0. The van der Waals surface area contributed by atoms with E-state index in [0.717, 1.165) is 23.5 Å². The number of halogens is 1. The van der Waals surface area contributed by atoms with Gasteiger partial charge in [0.1, 0.15) is 0 Å². The number of hydrogen-bond donors (Lipinski definition) is 1. The fourth-order valence-corrected chi connectivity index (χ4v) is 0.671. The van der Waals surface area contributed by atoms with Crippen molar-refractivity contribution in [2.45, 2.75) is 20.8 Å². The summed E-state index contributed by atoms with van der Waals surface area (Å²) >= 11 is 4.46. The van der Waals surface area contributed by atoms with Gasteiger partial charge in [-0.1, -0.05) is 0 Å². The molecule has 1 nitrogen and oxygen atoms in total. The molecule has 0 heterocycles. The van der Waals surface area contributed by atoms with Gasteiger partial charge in [-0.2, -0.15) is 0 Å². The molecule has 0 aromatic heterocycles. The Morgan fingerprint density at radius 2 is 1.22 bits per heavy atom. The summed E-state index contributed by atoms with van der Waals surface area (Å²) in [6.07, 6.45) is 0. The summed E-state index contributed by atoms with van der Waals surface area (Å²) in [5.41, 5.74) is 0. The van der Waals surface area contributed by atoms with Gasteiger partial charge in [0, 0.05) is 0 Å². The second-order valence-corrected chi connectivity index (χ2v) is 2.89. The molecule has 0 bridgehead atoms. The zero-order valence-corrected chi connectivity index (χ0v) is 8.04. The van der Waals surface area contributed by atoms with Gasteiger partial charge in [-0.05, 0) is 20.8 Å². The SMILES string of the molecule is CC[N+](S)(CC)CC.[Cl-]. The first kappa shape index (κ1) is 12.3. The molecule has 3 heteroatoms. The highest BCUT2D eigenvalue weighted by atomic mass is 35.5. The molecule has 58 valence electrons. The molecule has 0 N–H and O–H groups in total. The van der Waals surface area contributed by atoms with Gasteiger partial charge < -0.3 is 12.4 Å². The van der Waals surface area contributed by atoms with E-state index < -0.39 is 0 Å². The number of nitrogens with zero attached hydrogens (tertiary/aromatic N) is 1. The summed E-state index contributed by atoms with van der Waals surface area (Å²) < 4.78 is 0.903. The van der Waals surface area contributed by atoms with Crippen molar-refractivity contribution in [2.75, 3.05) is 19.6 Å². The molecule has 0 aromatic rings. The van der Waals surface area contributed by atoms with Crippen LogP contribution in [0.5, 0.6) is 0 Å². The molecule has 0 spiro atoms. The number of rotatable bonds is 3. The molecule has 0 aliphatic rings. The van der Waals surface area contributed by atoms with Crippen molar-refractivity contribution in [3.63, 3.8) is 0 Å².